The van der Waals surface area contributed by atoms with Crippen LogP contribution in [-0.4, -0.2) is 19.5 Å². The minimum absolute atomic E-state index is 0.0696. The topological polar surface area (TPSA) is 102 Å². The van der Waals surface area contributed by atoms with E-state index in [1.54, 1.807) is 41.9 Å². The van der Waals surface area contributed by atoms with E-state index in [4.69, 9.17) is 28.9 Å². The van der Waals surface area contributed by atoms with Gasteiger partial charge < -0.3 is 15.6 Å². The van der Waals surface area contributed by atoms with E-state index in [2.05, 4.69) is 20.3 Å². The normalized spacial score (nSPS) is 11.3. The summed E-state index contributed by atoms with van der Waals surface area (Å²) in [6.07, 6.45) is 0. The van der Waals surface area contributed by atoms with Crippen LogP contribution in [-0.2, 0) is 7.05 Å². The number of nitrogen functional groups attached to an aromatic ring is 1. The van der Waals surface area contributed by atoms with E-state index < -0.39 is 0 Å². The molecular weight excluding hydrogens is 363 g/mol. The number of aromatic nitrogens is 4. The molecule has 0 aliphatic rings. The Morgan fingerprint density at radius 2 is 1.80 bits per heavy atom. The number of hydrogen-bond donors (Lipinski definition) is 3. The number of benzene rings is 2. The van der Waals surface area contributed by atoms with Gasteiger partial charge in [0.25, 0.3) is 5.56 Å². The minimum Gasteiger partial charge on any atom is -0.369 e. The molecule has 4 rings (SSSR count). The summed E-state index contributed by atoms with van der Waals surface area (Å²) in [5.41, 5.74) is 7.61. The standard InChI is InChI=1S/C16H12Cl2N6O/c1-24-13-10(6-5-9-11(13)14(25)23-15(19)20-9)21-16(24)22-12-7(17)3-2-4-8(12)18/h2-6H,1H3,(H,21,22)(H3,19,20,23,25). The maximum atomic E-state index is 12.4. The van der Waals surface area contributed by atoms with Gasteiger partial charge in [-0.05, 0) is 24.3 Å². The van der Waals surface area contributed by atoms with E-state index in [1.807, 2.05) is 0 Å². The predicted molar refractivity (Wildman–Crippen MR) is 101 cm³/mol. The largest absolute Gasteiger partial charge is 0.369 e. The van der Waals surface area contributed by atoms with Gasteiger partial charge in [-0.15, -0.1) is 0 Å². The Hall–Kier alpha value is -2.77. The molecule has 0 aliphatic carbocycles. The first-order valence-electron chi connectivity index (χ1n) is 7.31. The summed E-state index contributed by atoms with van der Waals surface area (Å²) in [7, 11) is 1.79. The molecule has 7 nitrogen and oxygen atoms in total. The zero-order chi connectivity index (χ0) is 17.7. The lowest BCUT2D eigenvalue weighted by Crippen LogP contribution is -2.12. The van der Waals surface area contributed by atoms with E-state index in [9.17, 15) is 4.79 Å². The number of aromatic amines is 1. The van der Waals surface area contributed by atoms with E-state index in [0.29, 0.717) is 43.6 Å². The highest BCUT2D eigenvalue weighted by molar-refractivity contribution is 6.39. The lowest BCUT2D eigenvalue weighted by molar-refractivity contribution is 0.960. The third kappa shape index (κ3) is 2.48. The third-order valence-electron chi connectivity index (χ3n) is 3.92. The van der Waals surface area contributed by atoms with E-state index in [0.717, 1.165) is 0 Å². The zero-order valence-corrected chi connectivity index (χ0v) is 14.5. The number of anilines is 3. The Balaban J connectivity index is 1.97. The highest BCUT2D eigenvalue weighted by Crippen LogP contribution is 2.33. The molecule has 126 valence electrons. The summed E-state index contributed by atoms with van der Waals surface area (Å²) in [6.45, 7) is 0. The molecule has 0 saturated carbocycles. The second-order valence-corrected chi connectivity index (χ2v) is 6.31. The lowest BCUT2D eigenvalue weighted by atomic mass is 10.2. The van der Waals surface area contributed by atoms with Crippen molar-refractivity contribution in [3.63, 3.8) is 0 Å². The smallest absolute Gasteiger partial charge is 0.262 e. The van der Waals surface area contributed by atoms with Crippen LogP contribution in [0.5, 0.6) is 0 Å². The second kappa shape index (κ2) is 5.65. The van der Waals surface area contributed by atoms with Crippen LogP contribution in [0.25, 0.3) is 21.9 Å². The second-order valence-electron chi connectivity index (χ2n) is 5.49. The first-order chi connectivity index (χ1) is 12.0. The molecule has 0 aliphatic heterocycles. The molecule has 0 bridgehead atoms. The number of nitrogens with two attached hydrogens (primary N) is 1. The number of rotatable bonds is 2. The van der Waals surface area contributed by atoms with Crippen LogP contribution in [0.3, 0.4) is 0 Å². The number of halogens is 2. The Kier molecular flexibility index (Phi) is 3.55. The number of nitrogens with zero attached hydrogens (tertiary/aromatic N) is 3. The molecule has 0 atom stereocenters. The summed E-state index contributed by atoms with van der Waals surface area (Å²) in [4.78, 5) is 23.6. The Morgan fingerprint density at radius 3 is 2.52 bits per heavy atom. The molecule has 2 heterocycles. The fourth-order valence-electron chi connectivity index (χ4n) is 2.79. The fraction of sp³-hybridized carbons (Fsp3) is 0.0625. The Morgan fingerprint density at radius 1 is 1.12 bits per heavy atom. The molecular formula is C16H12Cl2N6O. The van der Waals surface area contributed by atoms with Crippen molar-refractivity contribution >= 4 is 62.7 Å². The molecule has 0 saturated heterocycles. The van der Waals surface area contributed by atoms with Gasteiger partial charge in [-0.2, -0.15) is 0 Å². The van der Waals surface area contributed by atoms with Gasteiger partial charge in [0.2, 0.25) is 11.9 Å². The number of imidazole rings is 1. The molecule has 0 spiro atoms. The first-order valence-corrected chi connectivity index (χ1v) is 8.07. The van der Waals surface area contributed by atoms with Gasteiger partial charge in [-0.25, -0.2) is 9.97 Å². The van der Waals surface area contributed by atoms with Crippen molar-refractivity contribution in [2.75, 3.05) is 11.1 Å². The molecule has 0 unspecified atom stereocenters. The number of nitrogens with one attached hydrogen (secondary N) is 2. The highest BCUT2D eigenvalue weighted by Gasteiger charge is 2.16. The van der Waals surface area contributed by atoms with Crippen LogP contribution in [0.4, 0.5) is 17.6 Å². The maximum Gasteiger partial charge on any atom is 0.262 e. The maximum absolute atomic E-state index is 12.4. The quantitative estimate of drug-likeness (QED) is 0.498. The Labute approximate surface area is 151 Å². The molecule has 25 heavy (non-hydrogen) atoms. The Bertz CT molecular complexity index is 1180. The van der Waals surface area contributed by atoms with Crippen LogP contribution < -0.4 is 16.6 Å². The van der Waals surface area contributed by atoms with Gasteiger partial charge >= 0.3 is 0 Å². The molecule has 0 radical (unpaired) electrons. The zero-order valence-electron chi connectivity index (χ0n) is 13.0. The molecule has 2 aromatic carbocycles. The number of H-pyrrole nitrogens is 1. The molecule has 9 heteroatoms. The summed E-state index contributed by atoms with van der Waals surface area (Å²) in [6, 6.07) is 8.70. The fourth-order valence-corrected chi connectivity index (χ4v) is 3.28. The van der Waals surface area contributed by atoms with Crippen molar-refractivity contribution in [2.45, 2.75) is 0 Å². The van der Waals surface area contributed by atoms with Crippen LogP contribution >= 0.6 is 23.2 Å². The number of fused-ring (bicyclic) bond motifs is 3. The van der Waals surface area contributed by atoms with Crippen LogP contribution in [0.2, 0.25) is 10.0 Å². The van der Waals surface area contributed by atoms with Gasteiger partial charge in [0, 0.05) is 7.05 Å². The molecule has 0 amide bonds. The lowest BCUT2D eigenvalue weighted by Gasteiger charge is -2.10. The van der Waals surface area contributed by atoms with Crippen molar-refractivity contribution in [1.82, 2.24) is 19.5 Å². The van der Waals surface area contributed by atoms with Crippen LogP contribution in [0, 0.1) is 0 Å². The van der Waals surface area contributed by atoms with Crippen LogP contribution in [0.1, 0.15) is 0 Å². The highest BCUT2D eigenvalue weighted by atomic mass is 35.5. The van der Waals surface area contributed by atoms with Crippen LogP contribution in [0.15, 0.2) is 35.1 Å². The van der Waals surface area contributed by atoms with Crippen molar-refractivity contribution in [1.29, 1.82) is 0 Å². The van der Waals surface area contributed by atoms with Gasteiger partial charge in [0.1, 0.15) is 0 Å². The van der Waals surface area contributed by atoms with Gasteiger partial charge in [0.15, 0.2) is 0 Å². The van der Waals surface area contributed by atoms with Crippen molar-refractivity contribution in [3.05, 3.63) is 50.7 Å². The van der Waals surface area contributed by atoms with E-state index >= 15 is 0 Å². The van der Waals surface area contributed by atoms with Crippen molar-refractivity contribution in [2.24, 2.45) is 7.05 Å². The first kappa shape index (κ1) is 15.7. The van der Waals surface area contributed by atoms with Gasteiger partial charge in [0.05, 0.1) is 37.7 Å². The minimum atomic E-state index is -0.321. The third-order valence-corrected chi connectivity index (χ3v) is 4.55. The van der Waals surface area contributed by atoms with Crippen molar-refractivity contribution < 1.29 is 0 Å². The number of para-hydroxylation sites is 1. The summed E-state index contributed by atoms with van der Waals surface area (Å²) in [5, 5.41) is 4.48. The SMILES string of the molecule is Cn1c(Nc2c(Cl)cccc2Cl)nc2ccc3nc(N)[nH]c(=O)c3c21. The monoisotopic (exact) mass is 374 g/mol. The molecule has 2 aromatic heterocycles. The summed E-state index contributed by atoms with van der Waals surface area (Å²) >= 11 is 12.4. The molecule has 4 N–H and O–H groups in total. The van der Waals surface area contributed by atoms with Gasteiger partial charge in [-0.3, -0.25) is 9.78 Å². The summed E-state index contributed by atoms with van der Waals surface area (Å²) in [5.74, 6) is 0.564. The summed E-state index contributed by atoms with van der Waals surface area (Å²) < 4.78 is 1.75. The number of hydrogen-bond acceptors (Lipinski definition) is 5. The molecule has 4 aromatic rings. The van der Waals surface area contributed by atoms with Gasteiger partial charge in [-0.1, -0.05) is 29.3 Å². The average molecular weight is 375 g/mol. The number of aryl methyl sites for hydroxylation is 1. The van der Waals surface area contributed by atoms with E-state index in [1.165, 1.54) is 0 Å². The molecule has 0 fully saturated rings. The predicted octanol–water partition coefficient (Wildman–Crippen LogP) is 3.44. The average Bonchev–Trinajstić information content (AvgIpc) is 2.87. The van der Waals surface area contributed by atoms with E-state index in [-0.39, 0.29) is 11.5 Å². The van der Waals surface area contributed by atoms with Crippen molar-refractivity contribution in [3.8, 4) is 0 Å².